The average Bonchev–Trinajstić information content (AvgIpc) is 2.92. The van der Waals surface area contributed by atoms with Crippen molar-refractivity contribution in [1.29, 1.82) is 0 Å². The molecule has 1 N–H and O–H groups in total. The normalized spacial score (nSPS) is 18.6. The van der Waals surface area contributed by atoms with Gasteiger partial charge in [-0.1, -0.05) is 11.6 Å². The molecule has 0 amide bonds. The fourth-order valence-corrected chi connectivity index (χ4v) is 2.71. The zero-order valence-electron chi connectivity index (χ0n) is 10.4. The van der Waals surface area contributed by atoms with Gasteiger partial charge in [0.1, 0.15) is 0 Å². The molecule has 0 aromatic heterocycles. The Labute approximate surface area is 116 Å². The van der Waals surface area contributed by atoms with E-state index in [4.69, 9.17) is 21.1 Å². The van der Waals surface area contributed by atoms with Crippen LogP contribution in [0.25, 0.3) is 0 Å². The molecule has 0 aliphatic carbocycles. The molecule has 0 unspecified atom stereocenters. The van der Waals surface area contributed by atoms with Crippen molar-refractivity contribution in [1.82, 2.24) is 10.2 Å². The number of nitrogens with zero attached hydrogens (tertiary/aromatic N) is 1. The van der Waals surface area contributed by atoms with Gasteiger partial charge in [-0.25, -0.2) is 0 Å². The lowest BCUT2D eigenvalue weighted by Crippen LogP contribution is -2.42. The van der Waals surface area contributed by atoms with Crippen LogP contribution in [0.5, 0.6) is 11.5 Å². The quantitative estimate of drug-likeness (QED) is 0.847. The van der Waals surface area contributed by atoms with Crippen molar-refractivity contribution in [2.24, 2.45) is 0 Å². The summed E-state index contributed by atoms with van der Waals surface area (Å²) < 4.78 is 10.8. The molecule has 6 heteroatoms. The molecule has 1 saturated heterocycles. The number of hydrogen-bond donors (Lipinski definition) is 1. The number of aldehydes is 1. The van der Waals surface area contributed by atoms with Crippen LogP contribution in [0.2, 0.25) is 5.02 Å². The van der Waals surface area contributed by atoms with E-state index >= 15 is 0 Å². The zero-order valence-corrected chi connectivity index (χ0v) is 11.2. The number of hydrogen-bond acceptors (Lipinski definition) is 5. The van der Waals surface area contributed by atoms with Crippen molar-refractivity contribution < 1.29 is 14.3 Å². The van der Waals surface area contributed by atoms with E-state index in [1.165, 1.54) is 0 Å². The number of nitrogens with one attached hydrogen (secondary N) is 1. The van der Waals surface area contributed by atoms with Gasteiger partial charge in [-0.2, -0.15) is 0 Å². The number of carbonyl (C=O) groups excluding carboxylic acids is 1. The van der Waals surface area contributed by atoms with Crippen molar-refractivity contribution in [2.75, 3.05) is 33.0 Å². The minimum Gasteiger partial charge on any atom is -0.453 e. The third-order valence-electron chi connectivity index (χ3n) is 3.44. The summed E-state index contributed by atoms with van der Waals surface area (Å²) in [6, 6.07) is 1.65. The lowest BCUT2D eigenvalue weighted by molar-refractivity contribution is 0.111. The maximum absolute atomic E-state index is 11.0. The number of fused-ring (bicyclic) bond motifs is 1. The summed E-state index contributed by atoms with van der Waals surface area (Å²) in [5.74, 6) is 1.14. The third kappa shape index (κ3) is 2.41. The molecule has 0 saturated carbocycles. The Kier molecular flexibility index (Phi) is 3.59. The molecule has 0 atom stereocenters. The van der Waals surface area contributed by atoms with Crippen molar-refractivity contribution in [3.8, 4) is 11.5 Å². The van der Waals surface area contributed by atoms with E-state index in [-0.39, 0.29) is 6.79 Å². The molecule has 5 nitrogen and oxygen atoms in total. The second-order valence-corrected chi connectivity index (χ2v) is 5.04. The second-order valence-electron chi connectivity index (χ2n) is 4.63. The highest BCUT2D eigenvalue weighted by molar-refractivity contribution is 6.32. The van der Waals surface area contributed by atoms with E-state index in [1.807, 2.05) is 0 Å². The molecular weight excluding hydrogens is 268 g/mol. The van der Waals surface area contributed by atoms with Crippen LogP contribution in [0.15, 0.2) is 6.07 Å². The predicted molar refractivity (Wildman–Crippen MR) is 71.1 cm³/mol. The number of halogens is 1. The first-order valence-electron chi connectivity index (χ1n) is 6.29. The Morgan fingerprint density at radius 2 is 2.05 bits per heavy atom. The summed E-state index contributed by atoms with van der Waals surface area (Å²) in [5, 5.41) is 3.87. The maximum Gasteiger partial charge on any atom is 0.231 e. The van der Waals surface area contributed by atoms with E-state index in [9.17, 15) is 4.79 Å². The van der Waals surface area contributed by atoms with E-state index < -0.39 is 0 Å². The Balaban J connectivity index is 1.92. The third-order valence-corrected chi connectivity index (χ3v) is 3.78. The minimum absolute atomic E-state index is 0.144. The molecule has 0 bridgehead atoms. The Morgan fingerprint density at radius 1 is 1.32 bits per heavy atom. The van der Waals surface area contributed by atoms with Gasteiger partial charge in [-0.3, -0.25) is 9.69 Å². The van der Waals surface area contributed by atoms with Gasteiger partial charge in [0.25, 0.3) is 0 Å². The summed E-state index contributed by atoms with van der Waals surface area (Å²) in [4.78, 5) is 13.3. The summed E-state index contributed by atoms with van der Waals surface area (Å²) in [7, 11) is 0. The fourth-order valence-electron chi connectivity index (χ4n) is 2.44. The number of carbonyl (C=O) groups is 1. The molecule has 2 heterocycles. The lowest BCUT2D eigenvalue weighted by atomic mass is 10.1. The zero-order chi connectivity index (χ0) is 13.2. The molecule has 1 aromatic carbocycles. The molecule has 19 heavy (non-hydrogen) atoms. The predicted octanol–water partition coefficient (Wildman–Crippen LogP) is 1.29. The maximum atomic E-state index is 11.0. The first-order chi connectivity index (χ1) is 9.29. The highest BCUT2D eigenvalue weighted by Crippen LogP contribution is 2.42. The van der Waals surface area contributed by atoms with Crippen molar-refractivity contribution in [3.63, 3.8) is 0 Å². The molecule has 2 aliphatic rings. The molecule has 1 fully saturated rings. The van der Waals surface area contributed by atoms with Crippen LogP contribution >= 0.6 is 11.6 Å². The molecule has 0 spiro atoms. The van der Waals surface area contributed by atoms with Crippen LogP contribution in [-0.4, -0.2) is 44.2 Å². The van der Waals surface area contributed by atoms with E-state index in [1.54, 1.807) is 6.07 Å². The van der Waals surface area contributed by atoms with Gasteiger partial charge in [0.15, 0.2) is 17.8 Å². The molecule has 0 radical (unpaired) electrons. The topological polar surface area (TPSA) is 50.8 Å². The van der Waals surface area contributed by atoms with Gasteiger partial charge in [0.05, 0.1) is 5.56 Å². The Morgan fingerprint density at radius 3 is 2.79 bits per heavy atom. The summed E-state index contributed by atoms with van der Waals surface area (Å²) in [5.41, 5.74) is 1.35. The van der Waals surface area contributed by atoms with Crippen molar-refractivity contribution in [3.05, 3.63) is 22.2 Å². The number of rotatable bonds is 3. The lowest BCUT2D eigenvalue weighted by Gasteiger charge is -2.27. The second kappa shape index (κ2) is 5.36. The first-order valence-corrected chi connectivity index (χ1v) is 6.66. The van der Waals surface area contributed by atoms with E-state index in [0.717, 1.165) is 38.0 Å². The highest BCUT2D eigenvalue weighted by atomic mass is 35.5. The molecular formula is C13H15ClN2O3. The van der Waals surface area contributed by atoms with Gasteiger partial charge >= 0.3 is 0 Å². The monoisotopic (exact) mass is 282 g/mol. The van der Waals surface area contributed by atoms with E-state index in [2.05, 4.69) is 10.2 Å². The number of benzene rings is 1. The van der Waals surface area contributed by atoms with Gasteiger partial charge in [-0.15, -0.1) is 0 Å². The summed E-state index contributed by atoms with van der Waals surface area (Å²) in [6.45, 7) is 4.76. The largest absolute Gasteiger partial charge is 0.453 e. The molecule has 1 aromatic rings. The van der Waals surface area contributed by atoms with Crippen LogP contribution in [0.1, 0.15) is 15.9 Å². The van der Waals surface area contributed by atoms with E-state index in [0.29, 0.717) is 28.6 Å². The van der Waals surface area contributed by atoms with Gasteiger partial charge < -0.3 is 14.8 Å². The highest BCUT2D eigenvalue weighted by Gasteiger charge is 2.26. The minimum atomic E-state index is 0.144. The van der Waals surface area contributed by atoms with Gasteiger partial charge in [0.2, 0.25) is 6.79 Å². The smallest absolute Gasteiger partial charge is 0.231 e. The van der Waals surface area contributed by atoms with Crippen LogP contribution in [0.4, 0.5) is 0 Å². The average molecular weight is 283 g/mol. The van der Waals surface area contributed by atoms with Gasteiger partial charge in [-0.05, 0) is 6.07 Å². The Hall–Kier alpha value is -1.30. The standard InChI is InChI=1S/C13H15ClN2O3/c14-11-5-9(7-17)12-13(19-8-18-12)10(11)6-16-3-1-15-2-4-16/h5,7,15H,1-4,6,8H2. The van der Waals surface area contributed by atoms with Crippen LogP contribution in [0, 0.1) is 0 Å². The van der Waals surface area contributed by atoms with Gasteiger partial charge in [0, 0.05) is 43.3 Å². The van der Waals surface area contributed by atoms with Crippen LogP contribution in [0.3, 0.4) is 0 Å². The number of piperazine rings is 1. The molecule has 3 rings (SSSR count). The molecule has 102 valence electrons. The van der Waals surface area contributed by atoms with Crippen LogP contribution in [-0.2, 0) is 6.54 Å². The summed E-state index contributed by atoms with van der Waals surface area (Å²) >= 11 is 6.27. The van der Waals surface area contributed by atoms with Crippen molar-refractivity contribution >= 4 is 17.9 Å². The number of ether oxygens (including phenoxy) is 2. The SMILES string of the molecule is O=Cc1cc(Cl)c(CN2CCNCC2)c2c1OCO2. The Bertz CT molecular complexity index is 501. The fraction of sp³-hybridized carbons (Fsp3) is 0.462. The summed E-state index contributed by atoms with van der Waals surface area (Å²) in [6.07, 6.45) is 0.744. The first kappa shape index (κ1) is 12.7. The van der Waals surface area contributed by atoms with Crippen LogP contribution < -0.4 is 14.8 Å². The van der Waals surface area contributed by atoms with Crippen molar-refractivity contribution in [2.45, 2.75) is 6.54 Å². The molecule has 2 aliphatic heterocycles.